The second-order valence-corrected chi connectivity index (χ2v) is 5.69. The molecule has 96 valence electrons. The predicted molar refractivity (Wildman–Crippen MR) is 80.8 cm³/mol. The quantitative estimate of drug-likeness (QED) is 0.438. The van der Waals surface area contributed by atoms with Crippen LogP contribution in [0.2, 0.25) is 0 Å². The van der Waals surface area contributed by atoms with E-state index in [9.17, 15) is 0 Å². The molecule has 1 atom stereocenters. The van der Waals surface area contributed by atoms with Crippen LogP contribution in [0.1, 0.15) is 44.3 Å². The SMILES string of the molecule is CCCCCCOC(CBr)c1ccc(Br)cc1. The molecule has 0 amide bonds. The van der Waals surface area contributed by atoms with Gasteiger partial charge in [0.1, 0.15) is 0 Å². The van der Waals surface area contributed by atoms with Crippen LogP contribution < -0.4 is 0 Å². The zero-order valence-corrected chi connectivity index (χ0v) is 13.5. The largest absolute Gasteiger partial charge is 0.373 e. The molecular formula is C14H20Br2O. The number of hydrogen-bond acceptors (Lipinski definition) is 1. The Morgan fingerprint density at radius 1 is 1.12 bits per heavy atom. The number of halogens is 2. The number of ether oxygens (including phenoxy) is 1. The van der Waals surface area contributed by atoms with E-state index >= 15 is 0 Å². The Morgan fingerprint density at radius 3 is 2.41 bits per heavy atom. The maximum absolute atomic E-state index is 5.90. The van der Waals surface area contributed by atoms with E-state index < -0.39 is 0 Å². The summed E-state index contributed by atoms with van der Waals surface area (Å²) in [6.07, 6.45) is 5.18. The number of hydrogen-bond donors (Lipinski definition) is 0. The number of alkyl halides is 1. The molecule has 0 heterocycles. The molecule has 0 fully saturated rings. The van der Waals surface area contributed by atoms with Crippen LogP contribution in [0, 0.1) is 0 Å². The average molecular weight is 364 g/mol. The molecule has 0 spiro atoms. The Kier molecular flexibility index (Phi) is 8.15. The second kappa shape index (κ2) is 9.12. The van der Waals surface area contributed by atoms with Crippen LogP contribution in [0.4, 0.5) is 0 Å². The highest BCUT2D eigenvalue weighted by atomic mass is 79.9. The first-order valence-corrected chi connectivity index (χ1v) is 8.12. The zero-order chi connectivity index (χ0) is 12.5. The van der Waals surface area contributed by atoms with Crippen LogP contribution in [0.5, 0.6) is 0 Å². The lowest BCUT2D eigenvalue weighted by molar-refractivity contribution is 0.0668. The van der Waals surface area contributed by atoms with Gasteiger partial charge in [0.15, 0.2) is 0 Å². The van der Waals surface area contributed by atoms with Gasteiger partial charge in [-0.25, -0.2) is 0 Å². The molecule has 1 nitrogen and oxygen atoms in total. The van der Waals surface area contributed by atoms with E-state index in [2.05, 4.69) is 63.0 Å². The van der Waals surface area contributed by atoms with Gasteiger partial charge in [0.2, 0.25) is 0 Å². The summed E-state index contributed by atoms with van der Waals surface area (Å²) in [6, 6.07) is 8.35. The molecule has 1 aromatic rings. The molecule has 0 aliphatic rings. The first kappa shape index (κ1) is 15.2. The molecule has 1 rings (SSSR count). The number of unbranched alkanes of at least 4 members (excludes halogenated alkanes) is 3. The highest BCUT2D eigenvalue weighted by molar-refractivity contribution is 9.10. The van der Waals surface area contributed by atoms with Crippen LogP contribution >= 0.6 is 31.9 Å². The summed E-state index contributed by atoms with van der Waals surface area (Å²) in [6.45, 7) is 3.08. The molecule has 0 aliphatic heterocycles. The first-order valence-electron chi connectivity index (χ1n) is 6.21. The third-order valence-corrected chi connectivity index (χ3v) is 3.82. The summed E-state index contributed by atoms with van der Waals surface area (Å²) >= 11 is 6.96. The minimum Gasteiger partial charge on any atom is -0.373 e. The lowest BCUT2D eigenvalue weighted by Crippen LogP contribution is -2.07. The molecular weight excluding hydrogens is 344 g/mol. The van der Waals surface area contributed by atoms with Gasteiger partial charge >= 0.3 is 0 Å². The third kappa shape index (κ3) is 6.03. The Bertz CT molecular complexity index is 298. The Hall–Kier alpha value is 0.140. The van der Waals surface area contributed by atoms with Crippen LogP contribution in [0.25, 0.3) is 0 Å². The van der Waals surface area contributed by atoms with Crippen molar-refractivity contribution in [2.75, 3.05) is 11.9 Å². The van der Waals surface area contributed by atoms with Gasteiger partial charge in [-0.3, -0.25) is 0 Å². The monoisotopic (exact) mass is 362 g/mol. The maximum Gasteiger partial charge on any atom is 0.0921 e. The molecule has 0 aromatic heterocycles. The normalized spacial score (nSPS) is 12.6. The van der Waals surface area contributed by atoms with E-state index in [4.69, 9.17) is 4.74 Å². The van der Waals surface area contributed by atoms with Crippen molar-refractivity contribution in [2.24, 2.45) is 0 Å². The van der Waals surface area contributed by atoms with E-state index in [1.807, 2.05) is 0 Å². The third-order valence-electron chi connectivity index (χ3n) is 2.70. The fraction of sp³-hybridized carbons (Fsp3) is 0.571. The Balaban J connectivity index is 2.35. The number of rotatable bonds is 8. The van der Waals surface area contributed by atoms with E-state index in [0.29, 0.717) is 0 Å². The molecule has 1 unspecified atom stereocenters. The molecule has 0 bridgehead atoms. The van der Waals surface area contributed by atoms with Crippen molar-refractivity contribution in [3.63, 3.8) is 0 Å². The maximum atomic E-state index is 5.90. The van der Waals surface area contributed by atoms with Gasteiger partial charge in [-0.15, -0.1) is 0 Å². The number of benzene rings is 1. The molecule has 3 heteroatoms. The summed E-state index contributed by atoms with van der Waals surface area (Å²) < 4.78 is 7.01. The van der Waals surface area contributed by atoms with Gasteiger partial charge in [0.05, 0.1) is 6.10 Å². The van der Waals surface area contributed by atoms with Crippen LogP contribution in [-0.2, 0) is 4.74 Å². The fourth-order valence-corrected chi connectivity index (χ4v) is 2.49. The van der Waals surface area contributed by atoms with E-state index in [1.54, 1.807) is 0 Å². The predicted octanol–water partition coefficient (Wildman–Crippen LogP) is 5.48. The van der Waals surface area contributed by atoms with Crippen molar-refractivity contribution < 1.29 is 4.74 Å². The standard InChI is InChI=1S/C14H20Br2O/c1-2-3-4-5-10-17-14(11-15)12-6-8-13(16)9-7-12/h6-9,14H,2-5,10-11H2,1H3. The second-order valence-electron chi connectivity index (χ2n) is 4.13. The lowest BCUT2D eigenvalue weighted by atomic mass is 10.1. The Labute approximate surface area is 121 Å². The van der Waals surface area contributed by atoms with Gasteiger partial charge < -0.3 is 4.74 Å². The van der Waals surface area contributed by atoms with Gasteiger partial charge in [0.25, 0.3) is 0 Å². The van der Waals surface area contributed by atoms with Crippen LogP contribution in [-0.4, -0.2) is 11.9 Å². The van der Waals surface area contributed by atoms with Gasteiger partial charge in [0, 0.05) is 16.4 Å². The minimum absolute atomic E-state index is 0.171. The summed E-state index contributed by atoms with van der Waals surface area (Å²) in [5.74, 6) is 0. The molecule has 0 N–H and O–H groups in total. The van der Waals surface area contributed by atoms with Crippen molar-refractivity contribution in [2.45, 2.75) is 38.7 Å². The lowest BCUT2D eigenvalue weighted by Gasteiger charge is -2.15. The molecule has 17 heavy (non-hydrogen) atoms. The molecule has 0 aliphatic carbocycles. The highest BCUT2D eigenvalue weighted by Crippen LogP contribution is 2.22. The summed E-state index contributed by atoms with van der Waals surface area (Å²) in [5.41, 5.74) is 1.24. The molecule has 0 saturated carbocycles. The summed E-state index contributed by atoms with van der Waals surface area (Å²) in [7, 11) is 0. The van der Waals surface area contributed by atoms with Crippen molar-refractivity contribution in [3.8, 4) is 0 Å². The van der Waals surface area contributed by atoms with Gasteiger partial charge in [-0.05, 0) is 24.1 Å². The molecule has 0 saturated heterocycles. The smallest absolute Gasteiger partial charge is 0.0921 e. The molecule has 1 aromatic carbocycles. The summed E-state index contributed by atoms with van der Waals surface area (Å²) in [5, 5.41) is 0.850. The van der Waals surface area contributed by atoms with Crippen molar-refractivity contribution in [3.05, 3.63) is 34.3 Å². The zero-order valence-electron chi connectivity index (χ0n) is 10.3. The molecule has 0 radical (unpaired) electrons. The Morgan fingerprint density at radius 2 is 1.82 bits per heavy atom. The summed E-state index contributed by atoms with van der Waals surface area (Å²) in [4.78, 5) is 0. The average Bonchev–Trinajstić information content (AvgIpc) is 2.35. The van der Waals surface area contributed by atoms with Crippen molar-refractivity contribution in [1.29, 1.82) is 0 Å². The topological polar surface area (TPSA) is 9.23 Å². The van der Waals surface area contributed by atoms with Crippen LogP contribution in [0.3, 0.4) is 0 Å². The minimum atomic E-state index is 0.171. The van der Waals surface area contributed by atoms with Crippen molar-refractivity contribution in [1.82, 2.24) is 0 Å². The van der Waals surface area contributed by atoms with Crippen LogP contribution in [0.15, 0.2) is 28.7 Å². The van der Waals surface area contributed by atoms with Crippen molar-refractivity contribution >= 4 is 31.9 Å². The van der Waals surface area contributed by atoms with E-state index in [1.165, 1.54) is 24.8 Å². The van der Waals surface area contributed by atoms with Gasteiger partial charge in [-0.2, -0.15) is 0 Å². The van der Waals surface area contributed by atoms with Gasteiger partial charge in [-0.1, -0.05) is 70.2 Å². The first-order chi connectivity index (χ1) is 8.27. The van der Waals surface area contributed by atoms with E-state index in [-0.39, 0.29) is 6.10 Å². The van der Waals surface area contributed by atoms with E-state index in [0.717, 1.165) is 22.8 Å². The fourth-order valence-electron chi connectivity index (χ4n) is 1.66. The highest BCUT2D eigenvalue weighted by Gasteiger charge is 2.09.